The third-order valence-corrected chi connectivity index (χ3v) is 4.29. The number of aromatic nitrogens is 3. The highest BCUT2D eigenvalue weighted by Gasteiger charge is 2.24. The van der Waals surface area contributed by atoms with Crippen molar-refractivity contribution in [3.63, 3.8) is 0 Å². The van der Waals surface area contributed by atoms with Gasteiger partial charge in [0.05, 0.1) is 12.6 Å². The largest absolute Gasteiger partial charge is 0.489 e. The molecule has 8 heteroatoms. The van der Waals surface area contributed by atoms with Crippen LogP contribution in [-0.4, -0.2) is 39.9 Å². The average Bonchev–Trinajstić information content (AvgIpc) is 3.03. The van der Waals surface area contributed by atoms with Gasteiger partial charge >= 0.3 is 0 Å². The molecule has 0 amide bonds. The zero-order valence-electron chi connectivity index (χ0n) is 16.1. The topological polar surface area (TPSA) is 76.4 Å². The fourth-order valence-corrected chi connectivity index (χ4v) is 3.09. The summed E-state index contributed by atoms with van der Waals surface area (Å²) in [6.45, 7) is 8.03. The molecule has 1 aromatic carbocycles. The number of nitrogens with one attached hydrogen (secondary N) is 2. The summed E-state index contributed by atoms with van der Waals surface area (Å²) in [5, 5.41) is 11.2. The zero-order valence-corrected chi connectivity index (χ0v) is 16.1. The molecule has 0 saturated carbocycles. The number of benzene rings is 1. The second-order valence-electron chi connectivity index (χ2n) is 6.68. The van der Waals surface area contributed by atoms with Crippen molar-refractivity contribution in [3.8, 4) is 5.75 Å². The number of aryl methyl sites for hydroxylation is 2. The van der Waals surface area contributed by atoms with E-state index >= 15 is 0 Å². The lowest BCUT2D eigenvalue weighted by atomic mass is 10.1. The van der Waals surface area contributed by atoms with E-state index < -0.39 is 0 Å². The number of rotatable bonds is 6. The first-order chi connectivity index (χ1) is 13.0. The van der Waals surface area contributed by atoms with Gasteiger partial charge in [0.2, 0.25) is 0 Å². The van der Waals surface area contributed by atoms with Gasteiger partial charge in [-0.1, -0.05) is 0 Å². The highest BCUT2D eigenvalue weighted by Crippen LogP contribution is 2.22. The average molecular weight is 374 g/mol. The molecule has 0 saturated heterocycles. The number of ether oxygens (including phenoxy) is 1. The van der Waals surface area contributed by atoms with E-state index in [4.69, 9.17) is 4.74 Å². The monoisotopic (exact) mass is 374 g/mol. The minimum atomic E-state index is -0.276. The molecule has 2 heterocycles. The van der Waals surface area contributed by atoms with E-state index in [0.717, 1.165) is 43.5 Å². The van der Waals surface area contributed by atoms with Crippen LogP contribution in [0.2, 0.25) is 0 Å². The third kappa shape index (κ3) is 5.18. The van der Waals surface area contributed by atoms with Gasteiger partial charge in [-0.3, -0.25) is 0 Å². The van der Waals surface area contributed by atoms with Crippen molar-refractivity contribution in [2.45, 2.75) is 52.3 Å². The molecular weight excluding hydrogens is 347 g/mol. The first-order valence-electron chi connectivity index (χ1n) is 9.43. The summed E-state index contributed by atoms with van der Waals surface area (Å²) in [5.41, 5.74) is 0. The number of guanidine groups is 1. The van der Waals surface area contributed by atoms with Crippen molar-refractivity contribution in [1.29, 1.82) is 0 Å². The molecule has 2 unspecified atom stereocenters. The van der Waals surface area contributed by atoms with Crippen molar-refractivity contribution in [2.24, 2.45) is 4.99 Å². The van der Waals surface area contributed by atoms with Gasteiger partial charge in [0, 0.05) is 13.1 Å². The summed E-state index contributed by atoms with van der Waals surface area (Å²) in [4.78, 5) is 9.19. The molecule has 0 spiro atoms. The second-order valence-corrected chi connectivity index (χ2v) is 6.68. The number of aliphatic imine (C=N–C) groups is 1. The van der Waals surface area contributed by atoms with Crippen LogP contribution in [0.15, 0.2) is 29.3 Å². The van der Waals surface area contributed by atoms with Crippen LogP contribution >= 0.6 is 0 Å². The Morgan fingerprint density at radius 3 is 2.93 bits per heavy atom. The molecule has 2 aromatic rings. The molecule has 0 radical (unpaired) electrons. The van der Waals surface area contributed by atoms with E-state index in [0.29, 0.717) is 12.3 Å². The van der Waals surface area contributed by atoms with Gasteiger partial charge in [0.1, 0.15) is 29.3 Å². The number of halogens is 1. The number of hydrogen-bond acceptors (Lipinski definition) is 4. The molecule has 1 aliphatic rings. The van der Waals surface area contributed by atoms with Crippen LogP contribution in [0.5, 0.6) is 5.75 Å². The van der Waals surface area contributed by atoms with Gasteiger partial charge in [-0.25, -0.2) is 19.0 Å². The Hall–Kier alpha value is -2.64. The fourth-order valence-electron chi connectivity index (χ4n) is 3.09. The quantitative estimate of drug-likeness (QED) is 0.600. The van der Waals surface area contributed by atoms with Crippen molar-refractivity contribution in [2.75, 3.05) is 13.1 Å². The molecule has 2 atom stereocenters. The van der Waals surface area contributed by atoms with Crippen LogP contribution in [0.1, 0.15) is 44.4 Å². The van der Waals surface area contributed by atoms with Gasteiger partial charge < -0.3 is 15.4 Å². The third-order valence-electron chi connectivity index (χ3n) is 4.29. The van der Waals surface area contributed by atoms with Gasteiger partial charge in [0.25, 0.3) is 0 Å². The van der Waals surface area contributed by atoms with Gasteiger partial charge in [-0.05, 0) is 57.9 Å². The Bertz CT molecular complexity index is 773. The van der Waals surface area contributed by atoms with Crippen LogP contribution in [0.25, 0.3) is 0 Å². The Balaban J connectivity index is 1.62. The van der Waals surface area contributed by atoms with Crippen molar-refractivity contribution in [1.82, 2.24) is 25.4 Å². The predicted molar refractivity (Wildman–Crippen MR) is 102 cm³/mol. The van der Waals surface area contributed by atoms with Crippen LogP contribution in [0.3, 0.4) is 0 Å². The van der Waals surface area contributed by atoms with E-state index in [1.165, 1.54) is 12.1 Å². The SMILES string of the molecule is CCNC(=NCC(C)Oc1ccc(F)cc1)NC1CCCn2nc(C)nc21. The summed E-state index contributed by atoms with van der Waals surface area (Å²) >= 11 is 0. The zero-order chi connectivity index (χ0) is 19.2. The van der Waals surface area contributed by atoms with E-state index in [9.17, 15) is 4.39 Å². The fraction of sp³-hybridized carbons (Fsp3) is 0.526. The van der Waals surface area contributed by atoms with Crippen LogP contribution < -0.4 is 15.4 Å². The van der Waals surface area contributed by atoms with E-state index in [2.05, 4.69) is 25.7 Å². The van der Waals surface area contributed by atoms with Gasteiger partial charge in [-0.2, -0.15) is 5.10 Å². The van der Waals surface area contributed by atoms with Crippen molar-refractivity contribution >= 4 is 5.96 Å². The predicted octanol–water partition coefficient (Wildman–Crippen LogP) is 2.58. The molecular formula is C19H27FN6O. The Labute approximate surface area is 159 Å². The lowest BCUT2D eigenvalue weighted by Crippen LogP contribution is -2.42. The first kappa shape index (κ1) is 19.1. The lowest BCUT2D eigenvalue weighted by molar-refractivity contribution is 0.230. The van der Waals surface area contributed by atoms with E-state index in [-0.39, 0.29) is 18.0 Å². The lowest BCUT2D eigenvalue weighted by Gasteiger charge is -2.25. The highest BCUT2D eigenvalue weighted by molar-refractivity contribution is 5.80. The van der Waals surface area contributed by atoms with E-state index in [1.54, 1.807) is 12.1 Å². The van der Waals surface area contributed by atoms with Crippen LogP contribution in [-0.2, 0) is 6.54 Å². The van der Waals surface area contributed by atoms with Crippen LogP contribution in [0, 0.1) is 12.7 Å². The maximum absolute atomic E-state index is 13.0. The summed E-state index contributed by atoms with van der Waals surface area (Å²) in [6.07, 6.45) is 1.91. The smallest absolute Gasteiger partial charge is 0.191 e. The first-order valence-corrected chi connectivity index (χ1v) is 9.43. The number of fused-ring (bicyclic) bond motifs is 1. The Morgan fingerprint density at radius 2 is 2.19 bits per heavy atom. The summed E-state index contributed by atoms with van der Waals surface area (Å²) in [7, 11) is 0. The minimum Gasteiger partial charge on any atom is -0.489 e. The molecule has 1 aliphatic heterocycles. The van der Waals surface area contributed by atoms with Crippen molar-refractivity contribution in [3.05, 3.63) is 41.7 Å². The van der Waals surface area contributed by atoms with E-state index in [1.807, 2.05) is 25.5 Å². The van der Waals surface area contributed by atoms with Gasteiger partial charge in [-0.15, -0.1) is 0 Å². The molecule has 27 heavy (non-hydrogen) atoms. The van der Waals surface area contributed by atoms with Crippen LogP contribution in [0.4, 0.5) is 4.39 Å². The highest BCUT2D eigenvalue weighted by atomic mass is 19.1. The molecule has 0 aliphatic carbocycles. The van der Waals surface area contributed by atoms with Gasteiger partial charge in [0.15, 0.2) is 5.96 Å². The molecule has 146 valence electrons. The Morgan fingerprint density at radius 1 is 1.41 bits per heavy atom. The molecule has 0 bridgehead atoms. The molecule has 3 rings (SSSR count). The molecule has 1 aromatic heterocycles. The normalized spacial score (nSPS) is 17.9. The number of nitrogens with zero attached hydrogens (tertiary/aromatic N) is 4. The maximum Gasteiger partial charge on any atom is 0.191 e. The molecule has 7 nitrogen and oxygen atoms in total. The minimum absolute atomic E-state index is 0.0890. The standard InChI is InChI=1S/C19H27FN6O/c1-4-21-19(22-12-13(2)27-16-9-7-15(20)8-10-16)24-17-6-5-11-26-18(17)23-14(3)25-26/h7-10,13,17H,4-6,11-12H2,1-3H3,(H2,21,22,24). The second kappa shape index (κ2) is 8.83. The molecule has 0 fully saturated rings. The van der Waals surface area contributed by atoms with Crippen molar-refractivity contribution < 1.29 is 9.13 Å². The Kier molecular flexibility index (Phi) is 6.26. The summed E-state index contributed by atoms with van der Waals surface area (Å²) in [6, 6.07) is 6.11. The summed E-state index contributed by atoms with van der Waals surface area (Å²) < 4.78 is 20.8. The maximum atomic E-state index is 13.0. The molecule has 2 N–H and O–H groups in total. The summed E-state index contributed by atoms with van der Waals surface area (Å²) in [5.74, 6) is 2.84. The number of hydrogen-bond donors (Lipinski definition) is 2.